The van der Waals surface area contributed by atoms with E-state index in [0.717, 1.165) is 44.5 Å². The average molecular weight is 416 g/mol. The molecular formula is C17H19F3N4O3S. The van der Waals surface area contributed by atoms with E-state index in [1.165, 1.54) is 18.3 Å². The first-order chi connectivity index (χ1) is 13.2. The van der Waals surface area contributed by atoms with E-state index < -0.39 is 27.0 Å². The fourth-order valence-electron chi connectivity index (χ4n) is 2.86. The van der Waals surface area contributed by atoms with Crippen molar-refractivity contribution in [3.05, 3.63) is 42.2 Å². The van der Waals surface area contributed by atoms with Crippen molar-refractivity contribution in [3.8, 4) is 5.75 Å². The molecule has 0 unspecified atom stereocenters. The lowest BCUT2D eigenvalue weighted by atomic mass is 10.1. The highest BCUT2D eigenvalue weighted by Crippen LogP contribution is 2.29. The Morgan fingerprint density at radius 1 is 1.11 bits per heavy atom. The number of aromatic nitrogens is 2. The number of hydrogen-bond acceptors (Lipinski definition) is 6. The highest BCUT2D eigenvalue weighted by atomic mass is 32.2. The van der Waals surface area contributed by atoms with E-state index >= 15 is 0 Å². The van der Waals surface area contributed by atoms with E-state index in [0.29, 0.717) is 11.6 Å². The fraction of sp³-hybridized carbons (Fsp3) is 0.412. The molecule has 2 aromatic rings. The molecule has 1 N–H and O–H groups in total. The number of nitrogens with one attached hydrogen (secondary N) is 1. The Morgan fingerprint density at radius 2 is 1.82 bits per heavy atom. The molecule has 11 heteroatoms. The van der Waals surface area contributed by atoms with Gasteiger partial charge in [0.15, 0.2) is 0 Å². The fourth-order valence-corrected chi connectivity index (χ4v) is 3.98. The van der Waals surface area contributed by atoms with Gasteiger partial charge in [0.2, 0.25) is 16.0 Å². The number of piperidine rings is 1. The first kappa shape index (κ1) is 20.3. The summed E-state index contributed by atoms with van der Waals surface area (Å²) in [6, 6.07) is 6.12. The van der Waals surface area contributed by atoms with E-state index in [4.69, 9.17) is 0 Å². The van der Waals surface area contributed by atoms with Gasteiger partial charge in [0.1, 0.15) is 10.6 Å². The predicted molar refractivity (Wildman–Crippen MR) is 95.2 cm³/mol. The van der Waals surface area contributed by atoms with Crippen molar-refractivity contribution < 1.29 is 26.3 Å². The van der Waals surface area contributed by atoms with Crippen LogP contribution in [-0.2, 0) is 16.6 Å². The Kier molecular flexibility index (Phi) is 6.04. The van der Waals surface area contributed by atoms with Gasteiger partial charge in [0.25, 0.3) is 0 Å². The Hall–Kier alpha value is -2.40. The highest BCUT2D eigenvalue weighted by Gasteiger charge is 2.34. The maximum absolute atomic E-state index is 12.5. The van der Waals surface area contributed by atoms with Crippen LogP contribution in [0.2, 0.25) is 0 Å². The molecule has 28 heavy (non-hydrogen) atoms. The molecule has 3 rings (SSSR count). The first-order valence-corrected chi connectivity index (χ1v) is 10.1. The number of ether oxygens (including phenoxy) is 1. The van der Waals surface area contributed by atoms with Crippen LogP contribution in [0.25, 0.3) is 0 Å². The van der Waals surface area contributed by atoms with Gasteiger partial charge in [0.05, 0.1) is 12.2 Å². The molecule has 2 heterocycles. The van der Waals surface area contributed by atoms with Crippen molar-refractivity contribution in [1.82, 2.24) is 14.7 Å². The van der Waals surface area contributed by atoms with Crippen LogP contribution in [0, 0.1) is 0 Å². The smallest absolute Gasteiger partial charge is 0.404 e. The predicted octanol–water partition coefficient (Wildman–Crippen LogP) is 2.84. The Balaban J connectivity index is 1.74. The SMILES string of the molecule is O=S(=O)(NCc1ccnc(N2CCCCC2)n1)c1ccccc1OC(F)(F)F. The van der Waals surface area contributed by atoms with Gasteiger partial charge >= 0.3 is 6.36 Å². The molecule has 1 aromatic carbocycles. The van der Waals surface area contributed by atoms with Crippen LogP contribution in [-0.4, -0.2) is 37.8 Å². The van der Waals surface area contributed by atoms with Crippen LogP contribution in [0.1, 0.15) is 25.0 Å². The highest BCUT2D eigenvalue weighted by molar-refractivity contribution is 7.89. The summed E-state index contributed by atoms with van der Waals surface area (Å²) in [5.74, 6) is -0.281. The van der Waals surface area contributed by atoms with Crippen molar-refractivity contribution >= 4 is 16.0 Å². The summed E-state index contributed by atoms with van der Waals surface area (Å²) in [7, 11) is -4.25. The summed E-state index contributed by atoms with van der Waals surface area (Å²) in [5, 5.41) is 0. The summed E-state index contributed by atoms with van der Waals surface area (Å²) >= 11 is 0. The summed E-state index contributed by atoms with van der Waals surface area (Å²) < 4.78 is 68.6. The largest absolute Gasteiger partial charge is 0.573 e. The molecule has 1 aromatic heterocycles. The lowest BCUT2D eigenvalue weighted by molar-refractivity contribution is -0.275. The molecule has 0 bridgehead atoms. The quantitative estimate of drug-likeness (QED) is 0.780. The number of anilines is 1. The second-order valence-electron chi connectivity index (χ2n) is 6.21. The van der Waals surface area contributed by atoms with Crippen LogP contribution in [0.4, 0.5) is 19.1 Å². The minimum atomic E-state index is -5.00. The molecule has 1 saturated heterocycles. The number of sulfonamides is 1. The molecule has 1 fully saturated rings. The van der Waals surface area contributed by atoms with Gasteiger partial charge in [-0.3, -0.25) is 0 Å². The van der Waals surface area contributed by atoms with Gasteiger partial charge in [-0.2, -0.15) is 0 Å². The topological polar surface area (TPSA) is 84.4 Å². The molecule has 0 atom stereocenters. The third-order valence-electron chi connectivity index (χ3n) is 4.15. The molecule has 1 aliphatic heterocycles. The Morgan fingerprint density at radius 3 is 2.54 bits per heavy atom. The van der Waals surface area contributed by atoms with Gasteiger partial charge in [-0.05, 0) is 37.5 Å². The molecule has 0 saturated carbocycles. The lowest BCUT2D eigenvalue weighted by Gasteiger charge is -2.26. The van der Waals surface area contributed by atoms with Crippen molar-refractivity contribution in [3.63, 3.8) is 0 Å². The van der Waals surface area contributed by atoms with Crippen LogP contribution < -0.4 is 14.4 Å². The number of nitrogens with zero attached hydrogens (tertiary/aromatic N) is 3. The van der Waals surface area contributed by atoms with Crippen LogP contribution >= 0.6 is 0 Å². The van der Waals surface area contributed by atoms with Gasteiger partial charge in [0, 0.05) is 19.3 Å². The summed E-state index contributed by atoms with van der Waals surface area (Å²) in [6.45, 7) is 1.47. The zero-order valence-electron chi connectivity index (χ0n) is 14.8. The van der Waals surface area contributed by atoms with Crippen molar-refractivity contribution in [2.75, 3.05) is 18.0 Å². The maximum atomic E-state index is 12.5. The number of halogens is 3. The first-order valence-electron chi connectivity index (χ1n) is 8.66. The van der Waals surface area contributed by atoms with Gasteiger partial charge in [-0.15, -0.1) is 13.2 Å². The van der Waals surface area contributed by atoms with E-state index in [2.05, 4.69) is 19.4 Å². The lowest BCUT2D eigenvalue weighted by Crippen LogP contribution is -2.31. The summed E-state index contributed by atoms with van der Waals surface area (Å²) in [5.41, 5.74) is 0.411. The summed E-state index contributed by atoms with van der Waals surface area (Å²) in [4.78, 5) is 9.99. The maximum Gasteiger partial charge on any atom is 0.573 e. The molecule has 152 valence electrons. The zero-order valence-corrected chi connectivity index (χ0v) is 15.6. The number of benzene rings is 1. The minimum Gasteiger partial charge on any atom is -0.404 e. The Labute approximate surface area is 160 Å². The number of rotatable bonds is 6. The number of alkyl halides is 3. The molecular weight excluding hydrogens is 397 g/mol. The van der Waals surface area contributed by atoms with Crippen LogP contribution in [0.3, 0.4) is 0 Å². The standard InChI is InChI=1S/C17H19F3N4O3S/c18-17(19,20)27-14-6-2-3-7-15(14)28(25,26)22-12-13-8-9-21-16(23-13)24-10-4-1-5-11-24/h2-3,6-9,22H,1,4-5,10-12H2. The molecule has 0 amide bonds. The number of para-hydroxylation sites is 1. The van der Waals surface area contributed by atoms with Crippen LogP contribution in [0.5, 0.6) is 5.75 Å². The molecule has 0 aliphatic carbocycles. The molecule has 7 nitrogen and oxygen atoms in total. The van der Waals surface area contributed by atoms with E-state index in [1.807, 2.05) is 4.90 Å². The molecule has 1 aliphatic rings. The van der Waals surface area contributed by atoms with Crippen molar-refractivity contribution in [1.29, 1.82) is 0 Å². The minimum absolute atomic E-state index is 0.188. The molecule has 0 radical (unpaired) electrons. The normalized spacial score (nSPS) is 15.5. The average Bonchev–Trinajstić information content (AvgIpc) is 2.66. The number of hydrogen-bond donors (Lipinski definition) is 1. The van der Waals surface area contributed by atoms with E-state index in [9.17, 15) is 21.6 Å². The van der Waals surface area contributed by atoms with Gasteiger partial charge in [-0.25, -0.2) is 23.1 Å². The van der Waals surface area contributed by atoms with Crippen molar-refractivity contribution in [2.45, 2.75) is 37.1 Å². The third kappa shape index (κ3) is 5.32. The van der Waals surface area contributed by atoms with Gasteiger partial charge < -0.3 is 9.64 Å². The summed E-state index contributed by atoms with van der Waals surface area (Å²) in [6.07, 6.45) is -0.245. The van der Waals surface area contributed by atoms with Crippen LogP contribution in [0.15, 0.2) is 41.4 Å². The van der Waals surface area contributed by atoms with Crippen molar-refractivity contribution in [2.24, 2.45) is 0 Å². The Bertz CT molecular complexity index is 916. The molecule has 0 spiro atoms. The monoisotopic (exact) mass is 416 g/mol. The zero-order chi connectivity index (χ0) is 20.2. The van der Waals surface area contributed by atoms with Gasteiger partial charge in [-0.1, -0.05) is 12.1 Å². The second-order valence-corrected chi connectivity index (χ2v) is 7.95. The second kappa shape index (κ2) is 8.31. The third-order valence-corrected chi connectivity index (χ3v) is 5.59. The van der Waals surface area contributed by atoms with E-state index in [-0.39, 0.29) is 6.54 Å². The van der Waals surface area contributed by atoms with E-state index in [1.54, 1.807) is 6.07 Å².